The van der Waals surface area contributed by atoms with Crippen LogP contribution in [0.1, 0.15) is 20.3 Å². The van der Waals surface area contributed by atoms with Crippen molar-refractivity contribution < 1.29 is 4.74 Å². The molecule has 0 spiro atoms. The molecule has 76 valence electrons. The quantitative estimate of drug-likeness (QED) is 0.689. The lowest BCUT2D eigenvalue weighted by molar-refractivity contribution is 0.0417. The predicted octanol–water partition coefficient (Wildman–Crippen LogP) is 0.457. The maximum Gasteiger partial charge on any atom is 0.0703 e. The maximum atomic E-state index is 5.60. The van der Waals surface area contributed by atoms with Crippen molar-refractivity contribution in [3.05, 3.63) is 0 Å². The van der Waals surface area contributed by atoms with Gasteiger partial charge in [-0.05, 0) is 19.9 Å². The molecule has 2 rings (SSSR count). The molecule has 2 unspecified atom stereocenters. The first-order valence-electron chi connectivity index (χ1n) is 5.41. The van der Waals surface area contributed by atoms with Gasteiger partial charge in [-0.1, -0.05) is 6.92 Å². The Kier molecular flexibility index (Phi) is 2.86. The average molecular weight is 184 g/mol. The summed E-state index contributed by atoms with van der Waals surface area (Å²) >= 11 is 0. The van der Waals surface area contributed by atoms with Gasteiger partial charge in [0.25, 0.3) is 0 Å². The van der Waals surface area contributed by atoms with Gasteiger partial charge in [0.2, 0.25) is 0 Å². The Balaban J connectivity index is 1.94. The molecule has 0 radical (unpaired) electrons. The van der Waals surface area contributed by atoms with E-state index in [1.54, 1.807) is 0 Å². The minimum absolute atomic E-state index is 0.431. The lowest BCUT2D eigenvalue weighted by Gasteiger charge is -2.42. The van der Waals surface area contributed by atoms with Crippen LogP contribution < -0.4 is 5.32 Å². The highest BCUT2D eigenvalue weighted by molar-refractivity contribution is 4.91. The Morgan fingerprint density at radius 3 is 2.62 bits per heavy atom. The summed E-state index contributed by atoms with van der Waals surface area (Å²) in [4.78, 5) is 2.61. The molecule has 0 aromatic heterocycles. The first-order chi connectivity index (χ1) is 6.33. The van der Waals surface area contributed by atoms with E-state index in [2.05, 4.69) is 24.1 Å². The van der Waals surface area contributed by atoms with Gasteiger partial charge in [0.05, 0.1) is 6.10 Å². The number of rotatable bonds is 3. The number of nitrogens with zero attached hydrogens (tertiary/aromatic N) is 1. The van der Waals surface area contributed by atoms with Gasteiger partial charge in [-0.3, -0.25) is 4.90 Å². The highest BCUT2D eigenvalue weighted by Gasteiger charge is 2.35. The summed E-state index contributed by atoms with van der Waals surface area (Å²) in [5.41, 5.74) is 0. The smallest absolute Gasteiger partial charge is 0.0703 e. The second-order valence-corrected chi connectivity index (χ2v) is 4.07. The molecule has 0 aromatic rings. The number of hydrogen-bond donors (Lipinski definition) is 1. The molecule has 0 amide bonds. The van der Waals surface area contributed by atoms with Crippen molar-refractivity contribution in [1.82, 2.24) is 10.2 Å². The average Bonchev–Trinajstić information content (AvgIpc) is 2.43. The largest absolute Gasteiger partial charge is 0.377 e. The molecule has 1 N–H and O–H groups in total. The van der Waals surface area contributed by atoms with E-state index in [4.69, 9.17) is 4.74 Å². The maximum absolute atomic E-state index is 5.60. The normalized spacial score (nSPS) is 35.3. The van der Waals surface area contributed by atoms with Gasteiger partial charge in [0.15, 0.2) is 0 Å². The monoisotopic (exact) mass is 184 g/mol. The number of likely N-dealkylation sites (N-methyl/N-ethyl adjacent to an activating group) is 1. The molecule has 0 saturated carbocycles. The van der Waals surface area contributed by atoms with Crippen LogP contribution in [-0.2, 0) is 4.74 Å². The highest BCUT2D eigenvalue weighted by atomic mass is 16.5. The van der Waals surface area contributed by atoms with Gasteiger partial charge in [0, 0.05) is 31.8 Å². The fourth-order valence-electron chi connectivity index (χ4n) is 2.43. The summed E-state index contributed by atoms with van der Waals surface area (Å²) in [7, 11) is 0. The van der Waals surface area contributed by atoms with Gasteiger partial charge < -0.3 is 10.1 Å². The molecule has 3 nitrogen and oxygen atoms in total. The van der Waals surface area contributed by atoms with Crippen molar-refractivity contribution in [3.63, 3.8) is 0 Å². The fraction of sp³-hybridized carbons (Fsp3) is 1.00. The van der Waals surface area contributed by atoms with E-state index in [9.17, 15) is 0 Å². The molecular formula is C10H20N2O. The highest BCUT2D eigenvalue weighted by Crippen LogP contribution is 2.22. The van der Waals surface area contributed by atoms with Crippen molar-refractivity contribution in [3.8, 4) is 0 Å². The molecule has 0 bridgehead atoms. The van der Waals surface area contributed by atoms with Gasteiger partial charge in [0.1, 0.15) is 0 Å². The molecule has 2 heterocycles. The van der Waals surface area contributed by atoms with Crippen LogP contribution in [0.5, 0.6) is 0 Å². The summed E-state index contributed by atoms with van der Waals surface area (Å²) in [6, 6.07) is 1.43. The molecule has 13 heavy (non-hydrogen) atoms. The number of ether oxygens (including phenoxy) is 1. The van der Waals surface area contributed by atoms with Crippen molar-refractivity contribution in [2.24, 2.45) is 0 Å². The standard InChI is InChI=1S/C10H20N2O/c1-3-12(9-6-11-7-9)10-4-5-13-8(10)2/h8-11H,3-7H2,1-2H3. The fourth-order valence-corrected chi connectivity index (χ4v) is 2.43. The van der Waals surface area contributed by atoms with Crippen LogP contribution in [0.2, 0.25) is 0 Å². The van der Waals surface area contributed by atoms with Gasteiger partial charge >= 0.3 is 0 Å². The molecule has 0 aromatic carbocycles. The second kappa shape index (κ2) is 3.95. The van der Waals surface area contributed by atoms with Crippen LogP contribution in [0.25, 0.3) is 0 Å². The van der Waals surface area contributed by atoms with Crippen LogP contribution in [0.15, 0.2) is 0 Å². The lowest BCUT2D eigenvalue weighted by Crippen LogP contribution is -2.60. The Bertz CT molecular complexity index is 170. The summed E-state index contributed by atoms with van der Waals surface area (Å²) in [6.07, 6.45) is 1.64. The Morgan fingerprint density at radius 1 is 1.46 bits per heavy atom. The molecule has 0 aliphatic carbocycles. The zero-order valence-corrected chi connectivity index (χ0v) is 8.62. The van der Waals surface area contributed by atoms with E-state index >= 15 is 0 Å². The molecular weight excluding hydrogens is 164 g/mol. The van der Waals surface area contributed by atoms with Gasteiger partial charge in [-0.2, -0.15) is 0 Å². The molecule has 2 aliphatic rings. The minimum atomic E-state index is 0.431. The lowest BCUT2D eigenvalue weighted by atomic mass is 10.0. The second-order valence-electron chi connectivity index (χ2n) is 4.07. The van der Waals surface area contributed by atoms with E-state index in [-0.39, 0.29) is 0 Å². The van der Waals surface area contributed by atoms with E-state index < -0.39 is 0 Å². The SMILES string of the molecule is CCN(C1CNC1)C1CCOC1C. The van der Waals surface area contributed by atoms with Crippen molar-refractivity contribution in [2.75, 3.05) is 26.2 Å². The van der Waals surface area contributed by atoms with Crippen molar-refractivity contribution >= 4 is 0 Å². The predicted molar refractivity (Wildman–Crippen MR) is 52.9 cm³/mol. The van der Waals surface area contributed by atoms with Gasteiger partial charge in [-0.25, -0.2) is 0 Å². The summed E-state index contributed by atoms with van der Waals surface area (Å²) < 4.78 is 5.60. The molecule has 2 aliphatic heterocycles. The van der Waals surface area contributed by atoms with E-state index in [1.807, 2.05) is 0 Å². The van der Waals surface area contributed by atoms with Crippen molar-refractivity contribution in [1.29, 1.82) is 0 Å². The third-order valence-corrected chi connectivity index (χ3v) is 3.36. The zero-order chi connectivity index (χ0) is 9.26. The topological polar surface area (TPSA) is 24.5 Å². The van der Waals surface area contributed by atoms with Crippen molar-refractivity contribution in [2.45, 2.75) is 38.5 Å². The summed E-state index contributed by atoms with van der Waals surface area (Å²) in [5, 5.41) is 3.33. The third kappa shape index (κ3) is 1.73. The summed E-state index contributed by atoms with van der Waals surface area (Å²) in [5.74, 6) is 0. The first kappa shape index (κ1) is 9.44. The number of nitrogens with one attached hydrogen (secondary N) is 1. The zero-order valence-electron chi connectivity index (χ0n) is 8.62. The van der Waals surface area contributed by atoms with Crippen LogP contribution in [0, 0.1) is 0 Å². The molecule has 2 atom stereocenters. The van der Waals surface area contributed by atoms with Crippen LogP contribution in [0.3, 0.4) is 0 Å². The van der Waals surface area contributed by atoms with E-state index in [1.165, 1.54) is 6.42 Å². The van der Waals surface area contributed by atoms with E-state index in [0.717, 1.165) is 32.3 Å². The Hall–Kier alpha value is -0.120. The Labute approximate surface area is 80.4 Å². The van der Waals surface area contributed by atoms with Crippen LogP contribution >= 0.6 is 0 Å². The summed E-state index contributed by atoms with van der Waals surface area (Å²) in [6.45, 7) is 8.89. The Morgan fingerprint density at radius 2 is 2.23 bits per heavy atom. The first-order valence-corrected chi connectivity index (χ1v) is 5.41. The third-order valence-electron chi connectivity index (χ3n) is 3.36. The molecule has 2 fully saturated rings. The van der Waals surface area contributed by atoms with Crippen LogP contribution in [-0.4, -0.2) is 49.3 Å². The minimum Gasteiger partial charge on any atom is -0.377 e. The number of hydrogen-bond acceptors (Lipinski definition) is 3. The molecule has 3 heteroatoms. The van der Waals surface area contributed by atoms with Gasteiger partial charge in [-0.15, -0.1) is 0 Å². The van der Waals surface area contributed by atoms with Crippen LogP contribution in [0.4, 0.5) is 0 Å². The molecule has 2 saturated heterocycles. The van der Waals surface area contributed by atoms with E-state index in [0.29, 0.717) is 12.1 Å².